The average Bonchev–Trinajstić information content (AvgIpc) is 2.50. The maximum Gasteiger partial charge on any atom is 0.313 e. The van der Waals surface area contributed by atoms with Gasteiger partial charge in [0.2, 0.25) is 5.91 Å². The van der Waals surface area contributed by atoms with Gasteiger partial charge in [-0.25, -0.2) is 0 Å². The number of hydrogen-bond acceptors (Lipinski definition) is 3. The number of nitrogens with one attached hydrogen (secondary N) is 1. The van der Waals surface area contributed by atoms with Crippen molar-refractivity contribution < 1.29 is 19.4 Å². The van der Waals surface area contributed by atoms with Crippen LogP contribution in [0.3, 0.4) is 0 Å². The van der Waals surface area contributed by atoms with Gasteiger partial charge >= 0.3 is 5.97 Å². The van der Waals surface area contributed by atoms with Crippen LogP contribution < -0.4 is 5.32 Å². The number of rotatable bonds is 3. The molecule has 1 heterocycles. The molecule has 1 fully saturated rings. The minimum Gasteiger partial charge on any atom is -0.481 e. The van der Waals surface area contributed by atoms with Crippen molar-refractivity contribution in [2.75, 3.05) is 19.8 Å². The van der Waals surface area contributed by atoms with Gasteiger partial charge in [-0.3, -0.25) is 9.59 Å². The molecule has 5 heteroatoms. The van der Waals surface area contributed by atoms with Crippen molar-refractivity contribution in [1.29, 1.82) is 0 Å². The maximum atomic E-state index is 10.9. The summed E-state index contributed by atoms with van der Waals surface area (Å²) in [6.45, 7) is 2.15. The first-order valence-corrected chi connectivity index (χ1v) is 4.12. The number of aliphatic carboxylic acids is 1. The summed E-state index contributed by atoms with van der Waals surface area (Å²) in [6, 6.07) is 0. The van der Waals surface area contributed by atoms with E-state index in [4.69, 9.17) is 9.84 Å². The first kappa shape index (κ1) is 9.98. The van der Waals surface area contributed by atoms with Crippen LogP contribution in [0.5, 0.6) is 0 Å². The van der Waals surface area contributed by atoms with E-state index in [-0.39, 0.29) is 19.1 Å². The zero-order valence-electron chi connectivity index (χ0n) is 7.50. The largest absolute Gasteiger partial charge is 0.481 e. The topological polar surface area (TPSA) is 75.6 Å². The predicted molar refractivity (Wildman–Crippen MR) is 44.2 cm³/mol. The second-order valence-electron chi connectivity index (χ2n) is 3.30. The smallest absolute Gasteiger partial charge is 0.313 e. The van der Waals surface area contributed by atoms with E-state index in [2.05, 4.69) is 5.32 Å². The second-order valence-corrected chi connectivity index (χ2v) is 3.30. The van der Waals surface area contributed by atoms with Gasteiger partial charge in [0.1, 0.15) is 5.41 Å². The lowest BCUT2D eigenvalue weighted by molar-refractivity contribution is -0.148. The number of carbonyl (C=O) groups excluding carboxylic acids is 1. The van der Waals surface area contributed by atoms with Crippen LogP contribution in [-0.4, -0.2) is 36.7 Å². The number of amides is 1. The highest BCUT2D eigenvalue weighted by molar-refractivity contribution is 5.78. The van der Waals surface area contributed by atoms with Gasteiger partial charge in [-0.05, 0) is 6.42 Å². The third-order valence-electron chi connectivity index (χ3n) is 2.23. The van der Waals surface area contributed by atoms with Crippen LogP contribution in [0.1, 0.15) is 13.3 Å². The van der Waals surface area contributed by atoms with Crippen molar-refractivity contribution in [3.63, 3.8) is 0 Å². The van der Waals surface area contributed by atoms with Crippen molar-refractivity contribution in [1.82, 2.24) is 5.32 Å². The molecule has 0 radical (unpaired) electrons. The van der Waals surface area contributed by atoms with Gasteiger partial charge in [-0.1, -0.05) is 0 Å². The molecule has 0 spiro atoms. The van der Waals surface area contributed by atoms with Gasteiger partial charge in [0.05, 0.1) is 6.61 Å². The summed E-state index contributed by atoms with van der Waals surface area (Å²) in [4.78, 5) is 21.5. The lowest BCUT2D eigenvalue weighted by atomic mass is 9.87. The molecule has 74 valence electrons. The van der Waals surface area contributed by atoms with Crippen molar-refractivity contribution in [3.8, 4) is 0 Å². The Hall–Kier alpha value is -1.10. The fraction of sp³-hybridized carbons (Fsp3) is 0.750. The third-order valence-corrected chi connectivity index (χ3v) is 2.23. The highest BCUT2D eigenvalue weighted by Gasteiger charge is 2.42. The summed E-state index contributed by atoms with van der Waals surface area (Å²) in [7, 11) is 0. The number of ether oxygens (including phenoxy) is 1. The molecule has 0 saturated carbocycles. The Kier molecular flexibility index (Phi) is 2.87. The van der Waals surface area contributed by atoms with Gasteiger partial charge in [0.15, 0.2) is 0 Å². The number of hydrogen-bond donors (Lipinski definition) is 2. The molecule has 5 nitrogen and oxygen atoms in total. The SMILES string of the molecule is CC(=O)NCC1(C(=O)O)CCOC1. The van der Waals surface area contributed by atoms with Gasteiger partial charge in [-0.15, -0.1) is 0 Å². The molecule has 1 aliphatic heterocycles. The summed E-state index contributed by atoms with van der Waals surface area (Å²) >= 11 is 0. The monoisotopic (exact) mass is 187 g/mol. The summed E-state index contributed by atoms with van der Waals surface area (Å²) in [5.41, 5.74) is -0.911. The van der Waals surface area contributed by atoms with E-state index < -0.39 is 11.4 Å². The molecule has 1 rings (SSSR count). The molecule has 0 aromatic carbocycles. The summed E-state index contributed by atoms with van der Waals surface area (Å²) in [6.07, 6.45) is 0.461. The minimum atomic E-state index is -0.911. The summed E-state index contributed by atoms with van der Waals surface area (Å²) < 4.78 is 5.02. The second kappa shape index (κ2) is 3.74. The van der Waals surface area contributed by atoms with Crippen molar-refractivity contribution >= 4 is 11.9 Å². The van der Waals surface area contributed by atoms with Crippen molar-refractivity contribution in [2.24, 2.45) is 5.41 Å². The molecule has 1 atom stereocenters. The standard InChI is InChI=1S/C8H13NO4/c1-6(10)9-4-8(7(11)12)2-3-13-5-8/h2-5H2,1H3,(H,9,10)(H,11,12). The van der Waals surface area contributed by atoms with Crippen LogP contribution in [-0.2, 0) is 14.3 Å². The van der Waals surface area contributed by atoms with Gasteiger partial charge in [-0.2, -0.15) is 0 Å². The number of carboxylic acids is 1. The summed E-state index contributed by atoms with van der Waals surface area (Å²) in [5, 5.41) is 11.5. The normalized spacial score (nSPS) is 27.2. The Morgan fingerprint density at radius 1 is 1.62 bits per heavy atom. The number of carboxylic acid groups (broad SMARTS) is 1. The van der Waals surface area contributed by atoms with Crippen LogP contribution in [0.2, 0.25) is 0 Å². The Morgan fingerprint density at radius 2 is 2.31 bits per heavy atom. The number of carbonyl (C=O) groups is 2. The zero-order chi connectivity index (χ0) is 9.90. The fourth-order valence-electron chi connectivity index (χ4n) is 1.28. The quantitative estimate of drug-likeness (QED) is 0.631. The van der Waals surface area contributed by atoms with Crippen molar-refractivity contribution in [2.45, 2.75) is 13.3 Å². The van der Waals surface area contributed by atoms with Crippen LogP contribution in [0.15, 0.2) is 0 Å². The average molecular weight is 187 g/mol. The molecular weight excluding hydrogens is 174 g/mol. The molecule has 2 N–H and O–H groups in total. The van der Waals surface area contributed by atoms with Crippen LogP contribution in [0.4, 0.5) is 0 Å². The highest BCUT2D eigenvalue weighted by Crippen LogP contribution is 2.27. The molecule has 1 unspecified atom stereocenters. The van der Waals surface area contributed by atoms with Crippen LogP contribution >= 0.6 is 0 Å². The molecule has 0 aliphatic carbocycles. The van der Waals surface area contributed by atoms with Gasteiger partial charge in [0, 0.05) is 20.1 Å². The lowest BCUT2D eigenvalue weighted by Crippen LogP contribution is -2.42. The molecule has 1 amide bonds. The Balaban J connectivity index is 2.57. The highest BCUT2D eigenvalue weighted by atomic mass is 16.5. The Labute approximate surface area is 76.1 Å². The molecule has 0 aromatic heterocycles. The minimum absolute atomic E-state index is 0.150. The molecule has 0 aromatic rings. The van der Waals surface area contributed by atoms with E-state index >= 15 is 0 Å². The first-order valence-electron chi connectivity index (χ1n) is 4.12. The lowest BCUT2D eigenvalue weighted by Gasteiger charge is -2.21. The molecule has 1 saturated heterocycles. The van der Waals surface area contributed by atoms with Crippen LogP contribution in [0.25, 0.3) is 0 Å². The van der Waals surface area contributed by atoms with E-state index in [1.165, 1.54) is 6.92 Å². The molecule has 13 heavy (non-hydrogen) atoms. The van der Waals surface area contributed by atoms with E-state index in [0.29, 0.717) is 13.0 Å². The Morgan fingerprint density at radius 3 is 2.69 bits per heavy atom. The van der Waals surface area contributed by atoms with Gasteiger partial charge < -0.3 is 15.2 Å². The fourth-order valence-corrected chi connectivity index (χ4v) is 1.28. The molecule has 1 aliphatic rings. The van der Waals surface area contributed by atoms with E-state index in [1.54, 1.807) is 0 Å². The predicted octanol–water partition coefficient (Wildman–Crippen LogP) is -0.386. The van der Waals surface area contributed by atoms with Gasteiger partial charge in [0.25, 0.3) is 0 Å². The maximum absolute atomic E-state index is 10.9. The summed E-state index contributed by atoms with van der Waals surface area (Å²) in [5.74, 6) is -1.12. The van der Waals surface area contributed by atoms with Crippen molar-refractivity contribution in [3.05, 3.63) is 0 Å². The zero-order valence-corrected chi connectivity index (χ0v) is 7.50. The van der Waals surface area contributed by atoms with E-state index in [0.717, 1.165) is 0 Å². The molecular formula is C8H13NO4. The first-order chi connectivity index (χ1) is 6.07. The van der Waals surface area contributed by atoms with Crippen LogP contribution in [0, 0.1) is 5.41 Å². The van der Waals surface area contributed by atoms with E-state index in [1.807, 2.05) is 0 Å². The molecule has 0 bridgehead atoms. The third kappa shape index (κ3) is 2.18. The Bertz CT molecular complexity index is 220. The van der Waals surface area contributed by atoms with E-state index in [9.17, 15) is 9.59 Å².